The molecular formula is C24H22N2O2. The lowest BCUT2D eigenvalue weighted by Gasteiger charge is -2.10. The molecule has 28 heavy (non-hydrogen) atoms. The highest BCUT2D eigenvalue weighted by atomic mass is 16.5. The van der Waals surface area contributed by atoms with Crippen LogP contribution in [0.1, 0.15) is 11.3 Å². The van der Waals surface area contributed by atoms with Crippen molar-refractivity contribution in [2.75, 3.05) is 5.32 Å². The number of nitrogens with one attached hydrogen (secondary N) is 1. The highest BCUT2D eigenvalue weighted by Crippen LogP contribution is 2.20. The number of benzene rings is 3. The largest absolute Gasteiger partial charge is 0.489 e. The number of para-hydroxylation sites is 1. The van der Waals surface area contributed by atoms with Gasteiger partial charge in [-0.05, 0) is 54.3 Å². The Morgan fingerprint density at radius 2 is 1.64 bits per heavy atom. The molecule has 1 aromatic heterocycles. The normalized spacial score (nSPS) is 10.8. The van der Waals surface area contributed by atoms with Crippen molar-refractivity contribution in [2.45, 2.75) is 20.1 Å². The van der Waals surface area contributed by atoms with Crippen molar-refractivity contribution in [3.63, 3.8) is 0 Å². The van der Waals surface area contributed by atoms with E-state index in [1.54, 1.807) is 0 Å². The molecule has 0 aliphatic carbocycles. The minimum absolute atomic E-state index is 0.0533. The van der Waals surface area contributed by atoms with Crippen LogP contribution in [0.25, 0.3) is 10.9 Å². The molecule has 0 unspecified atom stereocenters. The number of ether oxygens (including phenoxy) is 1. The second-order valence-corrected chi connectivity index (χ2v) is 6.78. The van der Waals surface area contributed by atoms with E-state index >= 15 is 0 Å². The highest BCUT2D eigenvalue weighted by molar-refractivity contribution is 5.92. The zero-order valence-corrected chi connectivity index (χ0v) is 15.8. The van der Waals surface area contributed by atoms with Gasteiger partial charge in [-0.2, -0.15) is 0 Å². The van der Waals surface area contributed by atoms with Crippen molar-refractivity contribution in [1.29, 1.82) is 0 Å². The number of nitrogens with zero attached hydrogens (tertiary/aromatic N) is 1. The molecule has 0 spiro atoms. The lowest BCUT2D eigenvalue weighted by atomic mass is 10.2. The first kappa shape index (κ1) is 17.9. The monoisotopic (exact) mass is 370 g/mol. The number of fused-ring (bicyclic) bond motifs is 1. The molecule has 4 heteroatoms. The molecule has 0 saturated heterocycles. The first-order chi connectivity index (χ1) is 13.7. The maximum absolute atomic E-state index is 12.5. The van der Waals surface area contributed by atoms with Crippen LogP contribution in [-0.2, 0) is 17.9 Å². The Morgan fingerprint density at radius 3 is 2.43 bits per heavy atom. The average Bonchev–Trinajstić information content (AvgIpc) is 3.03. The number of amides is 1. The number of carbonyl (C=O) groups excluding carboxylic acids is 1. The first-order valence-corrected chi connectivity index (χ1v) is 9.30. The number of anilines is 1. The van der Waals surface area contributed by atoms with E-state index < -0.39 is 0 Å². The zero-order valence-electron chi connectivity index (χ0n) is 15.8. The van der Waals surface area contributed by atoms with Crippen LogP contribution in [-0.4, -0.2) is 10.5 Å². The third-order valence-electron chi connectivity index (χ3n) is 4.71. The maximum Gasteiger partial charge on any atom is 0.244 e. The standard InChI is InChI=1S/C24H22N2O2/c1-18-15-20-9-5-6-10-23(20)26(18)16-24(27)25-21-11-13-22(14-12-21)28-17-19-7-3-2-4-8-19/h2-15H,16-17H2,1H3,(H,25,27). The molecule has 3 aromatic carbocycles. The number of carbonyl (C=O) groups is 1. The molecule has 4 aromatic rings. The van der Waals surface area contributed by atoms with Crippen LogP contribution < -0.4 is 10.1 Å². The fraction of sp³-hybridized carbons (Fsp3) is 0.125. The lowest BCUT2D eigenvalue weighted by molar-refractivity contribution is -0.116. The smallest absolute Gasteiger partial charge is 0.244 e. The summed E-state index contributed by atoms with van der Waals surface area (Å²) in [5, 5.41) is 4.10. The van der Waals surface area contributed by atoms with Gasteiger partial charge in [0, 0.05) is 16.9 Å². The molecule has 0 aliphatic rings. The molecule has 1 N–H and O–H groups in total. The van der Waals surface area contributed by atoms with Crippen molar-refractivity contribution in [2.24, 2.45) is 0 Å². The fourth-order valence-corrected chi connectivity index (χ4v) is 3.28. The summed E-state index contributed by atoms with van der Waals surface area (Å²) in [6.07, 6.45) is 0. The average molecular weight is 370 g/mol. The van der Waals surface area contributed by atoms with Gasteiger partial charge in [0.1, 0.15) is 18.9 Å². The van der Waals surface area contributed by atoms with Crippen molar-refractivity contribution in [3.05, 3.63) is 96.2 Å². The number of rotatable bonds is 6. The SMILES string of the molecule is Cc1cc2ccccc2n1CC(=O)Nc1ccc(OCc2ccccc2)cc1. The molecule has 4 rings (SSSR count). The Kier molecular flexibility index (Phi) is 5.11. The van der Waals surface area contributed by atoms with E-state index in [1.165, 1.54) is 0 Å². The molecule has 1 heterocycles. The topological polar surface area (TPSA) is 43.3 Å². The van der Waals surface area contributed by atoms with Gasteiger partial charge in [0.15, 0.2) is 0 Å². The molecule has 0 fully saturated rings. The second-order valence-electron chi connectivity index (χ2n) is 6.78. The van der Waals surface area contributed by atoms with E-state index in [0.717, 1.165) is 33.6 Å². The predicted octanol–water partition coefficient (Wildman–Crippen LogP) is 5.17. The fourth-order valence-electron chi connectivity index (χ4n) is 3.28. The summed E-state index contributed by atoms with van der Waals surface area (Å²) in [5.41, 5.74) is 4.01. The van der Waals surface area contributed by atoms with Crippen LogP contribution in [0.4, 0.5) is 5.69 Å². The summed E-state index contributed by atoms with van der Waals surface area (Å²) in [5.74, 6) is 0.719. The minimum atomic E-state index is -0.0533. The van der Waals surface area contributed by atoms with Crippen LogP contribution in [0.15, 0.2) is 84.9 Å². The Bertz CT molecular complexity index is 1080. The number of aromatic nitrogens is 1. The van der Waals surface area contributed by atoms with E-state index in [0.29, 0.717) is 6.61 Å². The van der Waals surface area contributed by atoms with Crippen LogP contribution in [0, 0.1) is 6.92 Å². The molecule has 0 aliphatic heterocycles. The lowest BCUT2D eigenvalue weighted by Crippen LogP contribution is -2.19. The van der Waals surface area contributed by atoms with Gasteiger partial charge in [-0.15, -0.1) is 0 Å². The zero-order chi connectivity index (χ0) is 19.3. The van der Waals surface area contributed by atoms with Gasteiger partial charge >= 0.3 is 0 Å². The summed E-state index contributed by atoms with van der Waals surface area (Å²) in [7, 11) is 0. The Morgan fingerprint density at radius 1 is 0.929 bits per heavy atom. The minimum Gasteiger partial charge on any atom is -0.489 e. The van der Waals surface area contributed by atoms with Gasteiger partial charge in [0.05, 0.1) is 0 Å². The third-order valence-corrected chi connectivity index (χ3v) is 4.71. The van der Waals surface area contributed by atoms with E-state index in [1.807, 2.05) is 84.3 Å². The number of aryl methyl sites for hydroxylation is 1. The van der Waals surface area contributed by atoms with Crippen molar-refractivity contribution in [1.82, 2.24) is 4.57 Å². The van der Waals surface area contributed by atoms with Gasteiger partial charge in [0.2, 0.25) is 5.91 Å². The molecule has 1 amide bonds. The quantitative estimate of drug-likeness (QED) is 0.509. The molecule has 0 atom stereocenters. The van der Waals surface area contributed by atoms with Gasteiger partial charge < -0.3 is 14.6 Å². The van der Waals surface area contributed by atoms with Gasteiger partial charge in [-0.3, -0.25) is 4.79 Å². The third kappa shape index (κ3) is 4.07. The Balaban J connectivity index is 1.37. The van der Waals surface area contributed by atoms with Gasteiger partial charge in [-0.1, -0.05) is 48.5 Å². The maximum atomic E-state index is 12.5. The number of hydrogen-bond acceptors (Lipinski definition) is 2. The van der Waals surface area contributed by atoms with Gasteiger partial charge in [-0.25, -0.2) is 0 Å². The van der Waals surface area contributed by atoms with Gasteiger partial charge in [0.25, 0.3) is 0 Å². The van der Waals surface area contributed by atoms with Crippen molar-refractivity contribution >= 4 is 22.5 Å². The first-order valence-electron chi connectivity index (χ1n) is 9.30. The molecule has 0 bridgehead atoms. The van der Waals surface area contributed by atoms with E-state index in [-0.39, 0.29) is 12.5 Å². The number of hydrogen-bond donors (Lipinski definition) is 1. The molecular weight excluding hydrogens is 348 g/mol. The summed E-state index contributed by atoms with van der Waals surface area (Å²) in [6.45, 7) is 2.82. The molecule has 0 saturated carbocycles. The summed E-state index contributed by atoms with van der Waals surface area (Å²) < 4.78 is 7.81. The van der Waals surface area contributed by atoms with E-state index in [2.05, 4.69) is 17.4 Å². The van der Waals surface area contributed by atoms with E-state index in [4.69, 9.17) is 4.74 Å². The Hall–Kier alpha value is -3.53. The summed E-state index contributed by atoms with van der Waals surface area (Å²) in [4.78, 5) is 12.5. The van der Waals surface area contributed by atoms with Crippen LogP contribution in [0.2, 0.25) is 0 Å². The highest BCUT2D eigenvalue weighted by Gasteiger charge is 2.09. The molecule has 4 nitrogen and oxygen atoms in total. The Labute approximate surface area is 164 Å². The van der Waals surface area contributed by atoms with Crippen LogP contribution in [0.5, 0.6) is 5.75 Å². The summed E-state index contributed by atoms with van der Waals surface area (Å²) >= 11 is 0. The molecule has 0 radical (unpaired) electrons. The van der Waals surface area contributed by atoms with Crippen molar-refractivity contribution < 1.29 is 9.53 Å². The summed E-state index contributed by atoms with van der Waals surface area (Å²) in [6, 6.07) is 27.7. The van der Waals surface area contributed by atoms with E-state index in [9.17, 15) is 4.79 Å². The van der Waals surface area contributed by atoms with Crippen LogP contribution >= 0.6 is 0 Å². The molecule has 140 valence electrons. The van der Waals surface area contributed by atoms with Crippen LogP contribution in [0.3, 0.4) is 0 Å². The predicted molar refractivity (Wildman–Crippen MR) is 113 cm³/mol. The van der Waals surface area contributed by atoms with Crippen molar-refractivity contribution in [3.8, 4) is 5.75 Å². The second kappa shape index (κ2) is 8.01.